The molecule has 0 aliphatic carbocycles. The van der Waals surface area contributed by atoms with Crippen molar-refractivity contribution in [2.75, 3.05) is 0 Å². The first-order valence-electron chi connectivity index (χ1n) is 6.86. The van der Waals surface area contributed by atoms with E-state index in [9.17, 15) is 9.90 Å². The fourth-order valence-corrected chi connectivity index (χ4v) is 2.13. The van der Waals surface area contributed by atoms with Crippen LogP contribution in [-0.4, -0.2) is 22.7 Å². The van der Waals surface area contributed by atoms with Crippen LogP contribution in [0.5, 0.6) is 0 Å². The van der Waals surface area contributed by atoms with E-state index < -0.39 is 11.6 Å². The van der Waals surface area contributed by atoms with Gasteiger partial charge in [0.15, 0.2) is 0 Å². The quantitative estimate of drug-likeness (QED) is 0.898. The molecule has 0 spiro atoms. The normalized spacial score (nSPS) is 13.2. The van der Waals surface area contributed by atoms with Crippen LogP contribution >= 0.6 is 0 Å². The molecular formula is C17H21NO2. The highest BCUT2D eigenvalue weighted by Gasteiger charge is 2.25. The molecule has 3 heteroatoms. The van der Waals surface area contributed by atoms with Crippen molar-refractivity contribution < 1.29 is 9.90 Å². The molecule has 1 atom stereocenters. The van der Waals surface area contributed by atoms with Crippen LogP contribution < -0.4 is 5.32 Å². The number of aliphatic hydroxyl groups excluding tert-OH is 1. The van der Waals surface area contributed by atoms with Crippen molar-refractivity contribution in [2.45, 2.75) is 38.8 Å². The molecule has 0 radical (unpaired) electrons. The number of amides is 1. The SMILES string of the molecule is CC(O)C(C)(C)NC(=O)Cc1cccc2ccccc12. The van der Waals surface area contributed by atoms with Crippen molar-refractivity contribution in [2.24, 2.45) is 0 Å². The Morgan fingerprint density at radius 2 is 1.85 bits per heavy atom. The molecule has 3 nitrogen and oxygen atoms in total. The largest absolute Gasteiger partial charge is 0.391 e. The van der Waals surface area contributed by atoms with Gasteiger partial charge in [-0.2, -0.15) is 0 Å². The summed E-state index contributed by atoms with van der Waals surface area (Å²) in [5, 5.41) is 14.8. The smallest absolute Gasteiger partial charge is 0.224 e. The summed E-state index contributed by atoms with van der Waals surface area (Å²) in [6.07, 6.45) is -0.281. The second-order valence-electron chi connectivity index (χ2n) is 5.76. The third-order valence-electron chi connectivity index (χ3n) is 3.74. The summed E-state index contributed by atoms with van der Waals surface area (Å²) in [6.45, 7) is 5.32. The Morgan fingerprint density at radius 3 is 2.55 bits per heavy atom. The molecule has 0 saturated heterocycles. The van der Waals surface area contributed by atoms with E-state index in [0.717, 1.165) is 16.3 Å². The summed E-state index contributed by atoms with van der Waals surface area (Å²) < 4.78 is 0. The summed E-state index contributed by atoms with van der Waals surface area (Å²) in [5.74, 6) is -0.0766. The van der Waals surface area contributed by atoms with Gasteiger partial charge in [0.1, 0.15) is 0 Å². The van der Waals surface area contributed by atoms with E-state index >= 15 is 0 Å². The van der Waals surface area contributed by atoms with Crippen molar-refractivity contribution in [3.8, 4) is 0 Å². The lowest BCUT2D eigenvalue weighted by molar-refractivity contribution is -0.123. The first-order valence-corrected chi connectivity index (χ1v) is 6.86. The minimum atomic E-state index is -0.623. The van der Waals surface area contributed by atoms with E-state index in [0.29, 0.717) is 6.42 Å². The molecule has 0 aliphatic heterocycles. The number of benzene rings is 2. The Kier molecular flexibility index (Phi) is 4.09. The lowest BCUT2D eigenvalue weighted by Gasteiger charge is -2.29. The van der Waals surface area contributed by atoms with Gasteiger partial charge in [-0.15, -0.1) is 0 Å². The third kappa shape index (κ3) is 3.17. The molecule has 20 heavy (non-hydrogen) atoms. The first kappa shape index (κ1) is 14.5. The molecule has 0 saturated carbocycles. The molecular weight excluding hydrogens is 250 g/mol. The van der Waals surface area contributed by atoms with Crippen LogP contribution in [0.25, 0.3) is 10.8 Å². The van der Waals surface area contributed by atoms with Gasteiger partial charge in [0.2, 0.25) is 5.91 Å². The predicted octanol–water partition coefficient (Wildman–Crippen LogP) is 2.66. The van der Waals surface area contributed by atoms with Crippen LogP contribution in [0.2, 0.25) is 0 Å². The molecule has 0 aliphatic rings. The Morgan fingerprint density at radius 1 is 1.20 bits per heavy atom. The van der Waals surface area contributed by atoms with Crippen molar-refractivity contribution in [1.82, 2.24) is 5.32 Å². The van der Waals surface area contributed by atoms with Crippen molar-refractivity contribution in [1.29, 1.82) is 0 Å². The number of fused-ring (bicyclic) bond motifs is 1. The maximum atomic E-state index is 12.2. The Labute approximate surface area is 119 Å². The van der Waals surface area contributed by atoms with E-state index in [2.05, 4.69) is 5.32 Å². The second kappa shape index (κ2) is 5.63. The first-order chi connectivity index (χ1) is 9.40. The number of rotatable bonds is 4. The highest BCUT2D eigenvalue weighted by atomic mass is 16.3. The van der Waals surface area contributed by atoms with Crippen LogP contribution in [0.4, 0.5) is 0 Å². The van der Waals surface area contributed by atoms with Gasteiger partial charge in [-0.25, -0.2) is 0 Å². The van der Waals surface area contributed by atoms with Gasteiger partial charge >= 0.3 is 0 Å². The standard InChI is InChI=1S/C17H21NO2/c1-12(19)17(2,3)18-16(20)11-14-9-6-8-13-7-4-5-10-15(13)14/h4-10,12,19H,11H2,1-3H3,(H,18,20). The van der Waals surface area contributed by atoms with E-state index in [1.165, 1.54) is 0 Å². The Balaban J connectivity index is 2.19. The van der Waals surface area contributed by atoms with Crippen LogP contribution in [0.3, 0.4) is 0 Å². The number of aliphatic hydroxyl groups is 1. The summed E-state index contributed by atoms with van der Waals surface area (Å²) >= 11 is 0. The molecule has 0 bridgehead atoms. The lowest BCUT2D eigenvalue weighted by Crippen LogP contribution is -2.51. The average molecular weight is 271 g/mol. The average Bonchev–Trinajstić information content (AvgIpc) is 2.38. The van der Waals surface area contributed by atoms with Gasteiger partial charge in [-0.1, -0.05) is 42.5 Å². The van der Waals surface area contributed by atoms with Crippen LogP contribution in [-0.2, 0) is 11.2 Å². The highest BCUT2D eigenvalue weighted by molar-refractivity contribution is 5.90. The topological polar surface area (TPSA) is 49.3 Å². The molecule has 0 aromatic heterocycles. The molecule has 106 valence electrons. The summed E-state index contributed by atoms with van der Waals surface area (Å²) in [6, 6.07) is 14.0. The Hall–Kier alpha value is -1.87. The second-order valence-corrected chi connectivity index (χ2v) is 5.76. The van der Waals surface area contributed by atoms with E-state index in [1.54, 1.807) is 6.92 Å². The summed E-state index contributed by atoms with van der Waals surface area (Å²) in [5.41, 5.74) is 0.378. The zero-order valence-corrected chi connectivity index (χ0v) is 12.2. The molecule has 2 rings (SSSR count). The minimum absolute atomic E-state index is 0.0766. The Bertz CT molecular complexity index is 612. The van der Waals surface area contributed by atoms with Crippen molar-refractivity contribution >= 4 is 16.7 Å². The maximum Gasteiger partial charge on any atom is 0.224 e. The molecule has 0 heterocycles. The summed E-state index contributed by atoms with van der Waals surface area (Å²) in [4.78, 5) is 12.2. The number of hydrogen-bond donors (Lipinski definition) is 2. The van der Waals surface area contributed by atoms with Crippen LogP contribution in [0.1, 0.15) is 26.3 Å². The molecule has 2 aromatic carbocycles. The fourth-order valence-electron chi connectivity index (χ4n) is 2.13. The van der Waals surface area contributed by atoms with E-state index in [-0.39, 0.29) is 5.91 Å². The number of carbonyl (C=O) groups excluding carboxylic acids is 1. The zero-order chi connectivity index (χ0) is 14.8. The third-order valence-corrected chi connectivity index (χ3v) is 3.74. The maximum absolute atomic E-state index is 12.2. The van der Waals surface area contributed by atoms with E-state index in [4.69, 9.17) is 0 Å². The lowest BCUT2D eigenvalue weighted by atomic mass is 9.97. The number of nitrogens with one attached hydrogen (secondary N) is 1. The van der Waals surface area contributed by atoms with E-state index in [1.807, 2.05) is 56.3 Å². The molecule has 2 aromatic rings. The van der Waals surface area contributed by atoms with Crippen LogP contribution in [0, 0.1) is 0 Å². The van der Waals surface area contributed by atoms with Gasteiger partial charge in [0, 0.05) is 0 Å². The number of hydrogen-bond acceptors (Lipinski definition) is 2. The van der Waals surface area contributed by atoms with Gasteiger partial charge < -0.3 is 10.4 Å². The summed E-state index contributed by atoms with van der Waals surface area (Å²) in [7, 11) is 0. The van der Waals surface area contributed by atoms with Crippen molar-refractivity contribution in [3.05, 3.63) is 48.0 Å². The van der Waals surface area contributed by atoms with Gasteiger partial charge in [0.25, 0.3) is 0 Å². The molecule has 2 N–H and O–H groups in total. The van der Waals surface area contributed by atoms with Gasteiger partial charge in [-0.3, -0.25) is 4.79 Å². The van der Waals surface area contributed by atoms with Crippen LogP contribution in [0.15, 0.2) is 42.5 Å². The monoisotopic (exact) mass is 271 g/mol. The predicted molar refractivity (Wildman–Crippen MR) is 81.6 cm³/mol. The molecule has 0 fully saturated rings. The van der Waals surface area contributed by atoms with Gasteiger partial charge in [0.05, 0.1) is 18.1 Å². The van der Waals surface area contributed by atoms with Crippen molar-refractivity contribution in [3.63, 3.8) is 0 Å². The van der Waals surface area contributed by atoms with Gasteiger partial charge in [-0.05, 0) is 37.1 Å². The molecule has 1 unspecified atom stereocenters. The highest BCUT2D eigenvalue weighted by Crippen LogP contribution is 2.19. The fraction of sp³-hybridized carbons (Fsp3) is 0.353. The number of carbonyl (C=O) groups is 1. The zero-order valence-electron chi connectivity index (χ0n) is 12.2. The molecule has 1 amide bonds. The minimum Gasteiger partial charge on any atom is -0.391 e.